The van der Waals surface area contributed by atoms with Crippen LogP contribution < -0.4 is 5.32 Å². The van der Waals surface area contributed by atoms with Gasteiger partial charge in [-0.1, -0.05) is 46.6 Å². The predicted octanol–water partition coefficient (Wildman–Crippen LogP) is 4.82. The lowest BCUT2D eigenvalue weighted by atomic mass is 10.1. The van der Waals surface area contributed by atoms with Gasteiger partial charge in [-0.2, -0.15) is 4.98 Å². The van der Waals surface area contributed by atoms with Crippen LogP contribution in [0.1, 0.15) is 22.6 Å². The normalized spacial score (nSPS) is 11.0. The average Bonchev–Trinajstić information content (AvgIpc) is 3.05. The Bertz CT molecular complexity index is 1080. The highest BCUT2D eigenvalue weighted by molar-refractivity contribution is 5.88. The van der Waals surface area contributed by atoms with Gasteiger partial charge in [0.15, 0.2) is 0 Å². The summed E-state index contributed by atoms with van der Waals surface area (Å²) in [5, 5.41) is 8.58. The first-order chi connectivity index (χ1) is 12.6. The van der Waals surface area contributed by atoms with Crippen LogP contribution in [0.25, 0.3) is 22.3 Å². The molecule has 5 heteroatoms. The van der Waals surface area contributed by atoms with Crippen molar-refractivity contribution in [2.75, 3.05) is 5.32 Å². The number of pyridine rings is 1. The number of benzene rings is 2. The monoisotopic (exact) mass is 344 g/mol. The molecule has 0 amide bonds. The summed E-state index contributed by atoms with van der Waals surface area (Å²) in [6.45, 7) is 6.62. The van der Waals surface area contributed by atoms with Crippen LogP contribution in [0.4, 0.5) is 5.82 Å². The Balaban J connectivity index is 1.76. The zero-order valence-electron chi connectivity index (χ0n) is 15.1. The Morgan fingerprint density at radius 3 is 2.54 bits per heavy atom. The molecular weight excluding hydrogens is 324 g/mol. The van der Waals surface area contributed by atoms with Crippen LogP contribution in [0.5, 0.6) is 0 Å². The molecule has 4 aromatic rings. The van der Waals surface area contributed by atoms with Crippen LogP contribution in [0.2, 0.25) is 0 Å². The van der Waals surface area contributed by atoms with E-state index in [1.807, 2.05) is 6.07 Å². The van der Waals surface area contributed by atoms with Crippen LogP contribution >= 0.6 is 0 Å². The average molecular weight is 344 g/mol. The lowest BCUT2D eigenvalue weighted by molar-refractivity contribution is 0.394. The van der Waals surface area contributed by atoms with Crippen molar-refractivity contribution in [1.82, 2.24) is 15.1 Å². The SMILES string of the molecule is Cc1cccc(CNc2nc3ccc(C)cc3cc2-c2noc(C)n2)c1. The number of aromatic nitrogens is 3. The highest BCUT2D eigenvalue weighted by Crippen LogP contribution is 2.29. The maximum Gasteiger partial charge on any atom is 0.223 e. The van der Waals surface area contributed by atoms with Crippen molar-refractivity contribution in [2.45, 2.75) is 27.3 Å². The third-order valence-corrected chi connectivity index (χ3v) is 4.28. The quantitative estimate of drug-likeness (QED) is 0.575. The molecule has 0 spiro atoms. The number of rotatable bonds is 4. The summed E-state index contributed by atoms with van der Waals surface area (Å²) < 4.78 is 5.17. The Hall–Kier alpha value is -3.21. The van der Waals surface area contributed by atoms with Crippen LogP contribution in [-0.2, 0) is 6.54 Å². The molecule has 1 N–H and O–H groups in total. The highest BCUT2D eigenvalue weighted by atomic mass is 16.5. The third kappa shape index (κ3) is 3.28. The standard InChI is InChI=1S/C21H20N4O/c1-13-5-4-6-16(9-13)12-22-20-18(21-23-15(3)26-25-21)11-17-10-14(2)7-8-19(17)24-20/h4-11H,12H2,1-3H3,(H,22,24). The topological polar surface area (TPSA) is 63.8 Å². The molecule has 0 unspecified atom stereocenters. The lowest BCUT2D eigenvalue weighted by Gasteiger charge is -2.11. The van der Waals surface area contributed by atoms with E-state index in [-0.39, 0.29) is 0 Å². The van der Waals surface area contributed by atoms with E-state index in [9.17, 15) is 0 Å². The van der Waals surface area contributed by atoms with Gasteiger partial charge in [-0.3, -0.25) is 0 Å². The first-order valence-corrected chi connectivity index (χ1v) is 8.60. The number of hydrogen-bond acceptors (Lipinski definition) is 5. The molecule has 4 rings (SSSR count). The molecule has 2 aromatic carbocycles. The molecule has 0 aliphatic heterocycles. The number of aryl methyl sites for hydroxylation is 3. The first-order valence-electron chi connectivity index (χ1n) is 8.60. The second-order valence-corrected chi connectivity index (χ2v) is 6.56. The van der Waals surface area contributed by atoms with Gasteiger partial charge in [0.1, 0.15) is 5.82 Å². The van der Waals surface area contributed by atoms with E-state index in [2.05, 4.69) is 71.8 Å². The van der Waals surface area contributed by atoms with Gasteiger partial charge >= 0.3 is 0 Å². The maximum atomic E-state index is 5.17. The minimum atomic E-state index is 0.536. The molecule has 0 saturated carbocycles. The van der Waals surface area contributed by atoms with Crippen molar-refractivity contribution in [1.29, 1.82) is 0 Å². The minimum Gasteiger partial charge on any atom is -0.365 e. The largest absolute Gasteiger partial charge is 0.365 e. The smallest absolute Gasteiger partial charge is 0.223 e. The number of anilines is 1. The molecule has 0 saturated heterocycles. The fourth-order valence-corrected chi connectivity index (χ4v) is 3.02. The van der Waals surface area contributed by atoms with Gasteiger partial charge in [0, 0.05) is 18.9 Å². The zero-order chi connectivity index (χ0) is 18.1. The molecule has 0 radical (unpaired) electrons. The predicted molar refractivity (Wildman–Crippen MR) is 103 cm³/mol. The maximum absolute atomic E-state index is 5.17. The van der Waals surface area contributed by atoms with Crippen molar-refractivity contribution < 1.29 is 4.52 Å². The molecule has 26 heavy (non-hydrogen) atoms. The fourth-order valence-electron chi connectivity index (χ4n) is 3.02. The summed E-state index contributed by atoms with van der Waals surface area (Å²) in [5.41, 5.74) is 5.40. The van der Waals surface area contributed by atoms with E-state index in [1.54, 1.807) is 6.92 Å². The molecule has 0 bridgehead atoms. The molecule has 0 aliphatic carbocycles. The second kappa shape index (κ2) is 6.59. The molecule has 2 aromatic heterocycles. The lowest BCUT2D eigenvalue weighted by Crippen LogP contribution is -2.04. The Kier molecular flexibility index (Phi) is 4.13. The van der Waals surface area contributed by atoms with Crippen LogP contribution in [0, 0.1) is 20.8 Å². The highest BCUT2D eigenvalue weighted by Gasteiger charge is 2.14. The second-order valence-electron chi connectivity index (χ2n) is 6.56. The van der Waals surface area contributed by atoms with E-state index in [4.69, 9.17) is 9.51 Å². The molecular formula is C21H20N4O. The summed E-state index contributed by atoms with van der Waals surface area (Å²) in [6, 6.07) is 16.7. The van der Waals surface area contributed by atoms with Gasteiger partial charge < -0.3 is 9.84 Å². The van der Waals surface area contributed by atoms with Gasteiger partial charge in [0.05, 0.1) is 11.1 Å². The zero-order valence-corrected chi connectivity index (χ0v) is 15.1. The van der Waals surface area contributed by atoms with E-state index in [0.717, 1.165) is 22.3 Å². The summed E-state index contributed by atoms with van der Waals surface area (Å²) in [6.07, 6.45) is 0. The van der Waals surface area contributed by atoms with Gasteiger partial charge in [0.2, 0.25) is 11.7 Å². The summed E-state index contributed by atoms with van der Waals surface area (Å²) >= 11 is 0. The van der Waals surface area contributed by atoms with E-state index in [0.29, 0.717) is 18.3 Å². The summed E-state index contributed by atoms with van der Waals surface area (Å²) in [4.78, 5) is 9.19. The Morgan fingerprint density at radius 1 is 0.923 bits per heavy atom. The van der Waals surface area contributed by atoms with Crippen LogP contribution in [0.15, 0.2) is 53.1 Å². The van der Waals surface area contributed by atoms with E-state index < -0.39 is 0 Å². The fraction of sp³-hybridized carbons (Fsp3) is 0.190. The van der Waals surface area contributed by atoms with Gasteiger partial charge in [-0.15, -0.1) is 0 Å². The number of hydrogen-bond donors (Lipinski definition) is 1. The van der Waals surface area contributed by atoms with Crippen molar-refractivity contribution in [3.05, 3.63) is 71.1 Å². The third-order valence-electron chi connectivity index (χ3n) is 4.28. The van der Waals surface area contributed by atoms with E-state index in [1.165, 1.54) is 16.7 Å². The minimum absolute atomic E-state index is 0.536. The van der Waals surface area contributed by atoms with E-state index >= 15 is 0 Å². The molecule has 2 heterocycles. The molecule has 130 valence electrons. The molecule has 0 aliphatic rings. The first kappa shape index (κ1) is 16.3. The Labute approximate surface area is 152 Å². The van der Waals surface area contributed by atoms with Crippen LogP contribution in [-0.4, -0.2) is 15.1 Å². The van der Waals surface area contributed by atoms with Gasteiger partial charge in [-0.05, 0) is 37.6 Å². The Morgan fingerprint density at radius 2 is 1.77 bits per heavy atom. The number of nitrogens with zero attached hydrogens (tertiary/aromatic N) is 3. The number of fused-ring (bicyclic) bond motifs is 1. The molecule has 0 atom stereocenters. The summed E-state index contributed by atoms with van der Waals surface area (Å²) in [5.74, 6) is 1.84. The van der Waals surface area contributed by atoms with Crippen molar-refractivity contribution in [2.24, 2.45) is 0 Å². The van der Waals surface area contributed by atoms with Gasteiger partial charge in [-0.25, -0.2) is 4.98 Å². The van der Waals surface area contributed by atoms with Crippen LogP contribution in [0.3, 0.4) is 0 Å². The molecule has 0 fully saturated rings. The molecule has 5 nitrogen and oxygen atoms in total. The van der Waals surface area contributed by atoms with Crippen molar-refractivity contribution in [3.8, 4) is 11.4 Å². The summed E-state index contributed by atoms with van der Waals surface area (Å²) in [7, 11) is 0. The van der Waals surface area contributed by atoms with Crippen molar-refractivity contribution in [3.63, 3.8) is 0 Å². The van der Waals surface area contributed by atoms with Gasteiger partial charge in [0.25, 0.3) is 0 Å². The number of nitrogens with one attached hydrogen (secondary N) is 1. The van der Waals surface area contributed by atoms with Crippen molar-refractivity contribution >= 4 is 16.7 Å².